The highest BCUT2D eigenvalue weighted by Crippen LogP contribution is 2.50. The molecule has 0 radical (unpaired) electrons. The number of hydroxylamine groups is 1. The van der Waals surface area contributed by atoms with Crippen molar-refractivity contribution in [3.8, 4) is 0 Å². The Labute approximate surface area is 227 Å². The minimum Gasteiger partial charge on any atom is -0.465 e. The summed E-state index contributed by atoms with van der Waals surface area (Å²) in [5, 5.41) is 1.94. The summed E-state index contributed by atoms with van der Waals surface area (Å²) >= 11 is 7.39. The van der Waals surface area contributed by atoms with Gasteiger partial charge in [-0.25, -0.2) is 19.6 Å². The van der Waals surface area contributed by atoms with Crippen LogP contribution in [0.25, 0.3) is 0 Å². The molecule has 9 nitrogen and oxygen atoms in total. The lowest BCUT2D eigenvalue weighted by molar-refractivity contribution is -0.126. The number of methoxy groups -OCH3 is 1. The number of para-hydroxylation sites is 1. The molecule has 2 aliphatic heterocycles. The summed E-state index contributed by atoms with van der Waals surface area (Å²) in [7, 11) is 1.18. The first-order valence-electron chi connectivity index (χ1n) is 11.8. The predicted molar refractivity (Wildman–Crippen MR) is 140 cm³/mol. The molecular formula is C27H23ClN2O7S. The molecule has 2 amide bonds. The highest BCUT2D eigenvalue weighted by Gasteiger charge is 2.61. The van der Waals surface area contributed by atoms with E-state index in [9.17, 15) is 19.2 Å². The number of amides is 2. The maximum absolute atomic E-state index is 14.0. The van der Waals surface area contributed by atoms with E-state index in [1.165, 1.54) is 12.2 Å². The normalized spacial score (nSPS) is 20.6. The van der Waals surface area contributed by atoms with Crippen LogP contribution in [0.1, 0.15) is 44.1 Å². The molecule has 0 aliphatic carbocycles. The van der Waals surface area contributed by atoms with Crippen LogP contribution in [0.4, 0.5) is 10.7 Å². The number of thiophene rings is 1. The fourth-order valence-electron chi connectivity index (χ4n) is 4.83. The molecule has 2 fully saturated rings. The van der Waals surface area contributed by atoms with Crippen molar-refractivity contribution in [2.75, 3.05) is 23.7 Å². The molecule has 0 spiro atoms. The molecule has 3 atom stereocenters. The average molecular weight is 555 g/mol. The predicted octanol–water partition coefficient (Wildman–Crippen LogP) is 4.72. The van der Waals surface area contributed by atoms with E-state index in [-0.39, 0.29) is 27.6 Å². The number of hydrogen-bond acceptors (Lipinski definition) is 9. The van der Waals surface area contributed by atoms with Crippen LogP contribution in [0, 0.1) is 12.8 Å². The molecule has 196 valence electrons. The number of halogens is 1. The summed E-state index contributed by atoms with van der Waals surface area (Å²) in [5.74, 6) is -3.65. The Balaban J connectivity index is 1.62. The third kappa shape index (κ3) is 4.05. The second-order valence-electron chi connectivity index (χ2n) is 8.64. The van der Waals surface area contributed by atoms with Gasteiger partial charge in [-0.15, -0.1) is 11.3 Å². The SMILES string of the molecule is CCOC(=O)c1sc(N2C(=O)[C@@H]3[C@@H](ON(c4ccccc4)[C@H]3c3ccccc3Cl)C2=O)c(C(=O)OC)c1C. The third-order valence-electron chi connectivity index (χ3n) is 6.53. The molecule has 5 rings (SSSR count). The van der Waals surface area contributed by atoms with Crippen LogP contribution in [-0.2, 0) is 23.9 Å². The smallest absolute Gasteiger partial charge is 0.348 e. The van der Waals surface area contributed by atoms with Crippen LogP contribution in [-0.4, -0.2) is 43.6 Å². The van der Waals surface area contributed by atoms with Crippen molar-refractivity contribution < 1.29 is 33.5 Å². The first kappa shape index (κ1) is 25.9. The molecule has 2 aromatic carbocycles. The standard InChI is InChI=1S/C27H23ClN2O7S/c1-4-36-27(34)22-14(2)18(26(33)35-3)25(38-22)29-23(31)19-20(16-12-8-9-13-17(16)28)30(37-21(19)24(29)32)15-10-6-5-7-11-15/h5-13,19-21H,4H2,1-3H3/t19-,20-,21+/m0/s1. The van der Waals surface area contributed by atoms with E-state index in [0.29, 0.717) is 16.3 Å². The van der Waals surface area contributed by atoms with E-state index < -0.39 is 41.8 Å². The Kier molecular flexibility index (Phi) is 6.95. The zero-order valence-corrected chi connectivity index (χ0v) is 22.2. The van der Waals surface area contributed by atoms with Crippen LogP contribution in [0.5, 0.6) is 0 Å². The monoisotopic (exact) mass is 554 g/mol. The highest BCUT2D eigenvalue weighted by atomic mass is 35.5. The number of anilines is 2. The lowest BCUT2D eigenvalue weighted by atomic mass is 9.90. The number of imide groups is 1. The lowest BCUT2D eigenvalue weighted by Gasteiger charge is -2.29. The van der Waals surface area contributed by atoms with Crippen molar-refractivity contribution in [2.24, 2.45) is 5.92 Å². The summed E-state index contributed by atoms with van der Waals surface area (Å²) in [4.78, 5) is 60.3. The molecule has 0 saturated carbocycles. The van der Waals surface area contributed by atoms with Gasteiger partial charge in [0.2, 0.25) is 5.91 Å². The van der Waals surface area contributed by atoms with Gasteiger partial charge in [-0.1, -0.05) is 48.0 Å². The highest BCUT2D eigenvalue weighted by molar-refractivity contribution is 7.19. The molecule has 38 heavy (non-hydrogen) atoms. The van der Waals surface area contributed by atoms with Gasteiger partial charge >= 0.3 is 11.9 Å². The van der Waals surface area contributed by atoms with Crippen LogP contribution >= 0.6 is 22.9 Å². The zero-order chi connectivity index (χ0) is 27.1. The fraction of sp³-hybridized carbons (Fsp3) is 0.259. The van der Waals surface area contributed by atoms with Crippen molar-refractivity contribution >= 4 is 57.4 Å². The van der Waals surface area contributed by atoms with Gasteiger partial charge in [-0.3, -0.25) is 14.4 Å². The van der Waals surface area contributed by atoms with Gasteiger partial charge in [0, 0.05) is 5.02 Å². The maximum atomic E-state index is 14.0. The van der Waals surface area contributed by atoms with Gasteiger partial charge in [0.1, 0.15) is 15.8 Å². The lowest BCUT2D eigenvalue weighted by Crippen LogP contribution is -2.37. The van der Waals surface area contributed by atoms with Gasteiger partial charge in [0.05, 0.1) is 31.0 Å². The Morgan fingerprint density at radius 2 is 1.71 bits per heavy atom. The molecule has 3 heterocycles. The Morgan fingerprint density at radius 1 is 1.03 bits per heavy atom. The second-order valence-corrected chi connectivity index (χ2v) is 10.0. The topological polar surface area (TPSA) is 102 Å². The molecule has 3 aromatic rings. The first-order valence-corrected chi connectivity index (χ1v) is 13.0. The van der Waals surface area contributed by atoms with Crippen molar-refractivity contribution in [1.29, 1.82) is 0 Å². The molecule has 0 bridgehead atoms. The quantitative estimate of drug-likeness (QED) is 0.318. The number of rotatable bonds is 6. The Hall–Kier alpha value is -3.73. The first-order chi connectivity index (χ1) is 18.3. The van der Waals surface area contributed by atoms with E-state index in [2.05, 4.69) is 0 Å². The summed E-state index contributed by atoms with van der Waals surface area (Å²) < 4.78 is 10.0. The number of hydrogen-bond donors (Lipinski definition) is 0. The van der Waals surface area contributed by atoms with Gasteiger partial charge in [0.25, 0.3) is 5.91 Å². The maximum Gasteiger partial charge on any atom is 0.348 e. The number of ether oxygens (including phenoxy) is 2. The minimum absolute atomic E-state index is 0.00503. The number of carbonyl (C=O) groups is 4. The summed E-state index contributed by atoms with van der Waals surface area (Å²) in [5.41, 5.74) is 1.47. The largest absolute Gasteiger partial charge is 0.465 e. The van der Waals surface area contributed by atoms with Crippen LogP contribution in [0.3, 0.4) is 0 Å². The van der Waals surface area contributed by atoms with Gasteiger partial charge in [-0.05, 0) is 43.2 Å². The van der Waals surface area contributed by atoms with Crippen molar-refractivity contribution in [3.05, 3.63) is 81.2 Å². The number of benzene rings is 2. The van der Waals surface area contributed by atoms with Gasteiger partial charge < -0.3 is 9.47 Å². The number of nitrogens with zero attached hydrogens (tertiary/aromatic N) is 2. The minimum atomic E-state index is -1.18. The van der Waals surface area contributed by atoms with E-state index in [1.54, 1.807) is 50.2 Å². The summed E-state index contributed by atoms with van der Waals surface area (Å²) in [6.07, 6.45) is -1.18. The number of carbonyl (C=O) groups excluding carboxylic acids is 4. The zero-order valence-electron chi connectivity index (χ0n) is 20.7. The van der Waals surface area contributed by atoms with Crippen LogP contribution in [0.2, 0.25) is 5.02 Å². The molecule has 0 N–H and O–H groups in total. The molecular weight excluding hydrogens is 532 g/mol. The average Bonchev–Trinajstić information content (AvgIpc) is 3.54. The molecule has 0 unspecified atom stereocenters. The van der Waals surface area contributed by atoms with E-state index in [4.69, 9.17) is 25.9 Å². The molecule has 2 aliphatic rings. The van der Waals surface area contributed by atoms with Gasteiger partial charge in [0.15, 0.2) is 6.10 Å². The van der Waals surface area contributed by atoms with E-state index in [0.717, 1.165) is 16.2 Å². The molecule has 2 saturated heterocycles. The third-order valence-corrected chi connectivity index (χ3v) is 8.13. The number of esters is 2. The second kappa shape index (κ2) is 10.2. The van der Waals surface area contributed by atoms with E-state index >= 15 is 0 Å². The Bertz CT molecular complexity index is 1440. The fourth-order valence-corrected chi connectivity index (χ4v) is 6.28. The van der Waals surface area contributed by atoms with Gasteiger partial charge in [-0.2, -0.15) is 0 Å². The molecule has 11 heteroatoms. The van der Waals surface area contributed by atoms with Crippen LogP contribution < -0.4 is 9.96 Å². The summed E-state index contributed by atoms with van der Waals surface area (Å²) in [6.45, 7) is 3.32. The Morgan fingerprint density at radius 3 is 2.37 bits per heavy atom. The molecule has 1 aromatic heterocycles. The van der Waals surface area contributed by atoms with Crippen molar-refractivity contribution in [2.45, 2.75) is 26.0 Å². The summed E-state index contributed by atoms with van der Waals surface area (Å²) in [6, 6.07) is 15.4. The number of fused-ring (bicyclic) bond motifs is 1. The van der Waals surface area contributed by atoms with E-state index in [1.807, 2.05) is 18.2 Å². The van der Waals surface area contributed by atoms with Crippen LogP contribution in [0.15, 0.2) is 54.6 Å². The van der Waals surface area contributed by atoms with Crippen molar-refractivity contribution in [3.63, 3.8) is 0 Å². The van der Waals surface area contributed by atoms with Crippen molar-refractivity contribution in [1.82, 2.24) is 0 Å².